The molecule has 0 spiro atoms. The first-order valence-electron chi connectivity index (χ1n) is 13.9. The van der Waals surface area contributed by atoms with Crippen molar-refractivity contribution in [3.63, 3.8) is 0 Å². The van der Waals surface area contributed by atoms with Crippen molar-refractivity contribution < 1.29 is 13.7 Å². The molecule has 1 saturated heterocycles. The molecular formula is C31H32F2N6O4. The molecule has 1 atom stereocenters. The van der Waals surface area contributed by atoms with Gasteiger partial charge in [0, 0.05) is 62.2 Å². The number of rotatable bonds is 9. The Morgan fingerprint density at radius 3 is 2.19 bits per heavy atom. The second kappa shape index (κ2) is 12.7. The van der Waals surface area contributed by atoms with E-state index in [1.807, 2.05) is 29.2 Å². The minimum atomic E-state index is -0.790. The zero-order chi connectivity index (χ0) is 30.7. The van der Waals surface area contributed by atoms with Crippen molar-refractivity contribution in [3.8, 4) is 0 Å². The number of hydrogen-bond acceptors (Lipinski definition) is 7. The highest BCUT2D eigenvalue weighted by molar-refractivity contribution is 5.50. The van der Waals surface area contributed by atoms with Gasteiger partial charge in [-0.15, -0.1) is 0 Å². The van der Waals surface area contributed by atoms with Gasteiger partial charge in [-0.05, 0) is 30.2 Å². The highest BCUT2D eigenvalue weighted by atomic mass is 19.1. The van der Waals surface area contributed by atoms with E-state index in [9.17, 15) is 28.5 Å². The molecule has 0 aliphatic carbocycles. The van der Waals surface area contributed by atoms with Crippen LogP contribution in [0.25, 0.3) is 0 Å². The number of nitro groups is 1. The molecule has 1 aromatic heterocycles. The lowest BCUT2D eigenvalue weighted by Crippen LogP contribution is -2.51. The van der Waals surface area contributed by atoms with Gasteiger partial charge in [-0.2, -0.15) is 0 Å². The van der Waals surface area contributed by atoms with E-state index in [0.29, 0.717) is 38.4 Å². The maximum absolute atomic E-state index is 14.7. The standard InChI is InChI=1S/C31H32F2N6O4/c1-21-29(36-15-13-35(14-16-36)18-22-7-5-10-24(17-22)39(42)43)30(40)38(20-28(34)23-8-3-2-4-9-23)31(41)37(21)19-25-26(32)11-6-12-27(25)33/h2-12,17,28H,13-16,18-20,34H2,1H3/t28-/m1/s1. The largest absolute Gasteiger partial charge is 0.363 e. The van der Waals surface area contributed by atoms with Crippen LogP contribution in [0.1, 0.15) is 28.4 Å². The minimum absolute atomic E-state index is 0.0227. The summed E-state index contributed by atoms with van der Waals surface area (Å²) in [4.78, 5) is 42.4. The summed E-state index contributed by atoms with van der Waals surface area (Å²) in [7, 11) is 0. The van der Waals surface area contributed by atoms with Gasteiger partial charge in [0.2, 0.25) is 0 Å². The Balaban J connectivity index is 1.48. The van der Waals surface area contributed by atoms with E-state index in [0.717, 1.165) is 27.8 Å². The van der Waals surface area contributed by atoms with Gasteiger partial charge in [0.05, 0.1) is 18.0 Å². The van der Waals surface area contributed by atoms with Crippen LogP contribution in [0.4, 0.5) is 20.2 Å². The summed E-state index contributed by atoms with van der Waals surface area (Å²) in [5.74, 6) is -1.58. The van der Waals surface area contributed by atoms with E-state index >= 15 is 0 Å². The number of halogens is 2. The Kier molecular flexibility index (Phi) is 8.78. The maximum Gasteiger partial charge on any atom is 0.331 e. The molecular weight excluding hydrogens is 558 g/mol. The first kappa shape index (κ1) is 29.8. The van der Waals surface area contributed by atoms with Gasteiger partial charge >= 0.3 is 5.69 Å². The van der Waals surface area contributed by atoms with Crippen LogP contribution in [-0.2, 0) is 19.6 Å². The van der Waals surface area contributed by atoms with E-state index in [1.165, 1.54) is 16.7 Å². The molecule has 1 aliphatic rings. The van der Waals surface area contributed by atoms with E-state index in [-0.39, 0.29) is 23.5 Å². The molecule has 1 aliphatic heterocycles. The third-order valence-corrected chi connectivity index (χ3v) is 7.86. The molecule has 0 unspecified atom stereocenters. The van der Waals surface area contributed by atoms with E-state index in [4.69, 9.17) is 5.73 Å². The van der Waals surface area contributed by atoms with Crippen LogP contribution in [-0.4, -0.2) is 45.1 Å². The lowest BCUT2D eigenvalue weighted by Gasteiger charge is -2.37. The minimum Gasteiger partial charge on any atom is -0.363 e. The molecule has 2 N–H and O–H groups in total. The molecule has 0 amide bonds. The highest BCUT2D eigenvalue weighted by Gasteiger charge is 2.27. The Labute approximate surface area is 246 Å². The summed E-state index contributed by atoms with van der Waals surface area (Å²) >= 11 is 0. The summed E-state index contributed by atoms with van der Waals surface area (Å²) in [6, 6.07) is 18.4. The van der Waals surface area contributed by atoms with Gasteiger partial charge in [0.15, 0.2) is 0 Å². The van der Waals surface area contributed by atoms with Gasteiger partial charge in [-0.1, -0.05) is 48.5 Å². The SMILES string of the molecule is Cc1c(N2CCN(Cc3cccc([N+](=O)[O-])c3)CC2)c(=O)n(C[C@@H](N)c2ccccc2)c(=O)n1Cc1c(F)cccc1F. The van der Waals surface area contributed by atoms with Crippen molar-refractivity contribution in [3.05, 3.63) is 138 Å². The van der Waals surface area contributed by atoms with Crippen molar-refractivity contribution in [2.45, 2.75) is 32.6 Å². The molecule has 12 heteroatoms. The van der Waals surface area contributed by atoms with Crippen LogP contribution >= 0.6 is 0 Å². The van der Waals surface area contributed by atoms with Crippen LogP contribution in [0.3, 0.4) is 0 Å². The van der Waals surface area contributed by atoms with Crippen molar-refractivity contribution in [1.82, 2.24) is 14.0 Å². The first-order chi connectivity index (χ1) is 20.6. The number of anilines is 1. The summed E-state index contributed by atoms with van der Waals surface area (Å²) in [6.45, 7) is 3.54. The second-order valence-corrected chi connectivity index (χ2v) is 10.6. The number of hydrogen-bond donors (Lipinski definition) is 1. The number of piperazine rings is 1. The second-order valence-electron chi connectivity index (χ2n) is 10.6. The van der Waals surface area contributed by atoms with Gasteiger partial charge < -0.3 is 10.6 Å². The molecule has 0 radical (unpaired) electrons. The topological polar surface area (TPSA) is 120 Å². The highest BCUT2D eigenvalue weighted by Crippen LogP contribution is 2.22. The number of nitrogens with two attached hydrogens (primary N) is 1. The predicted octanol–water partition coefficient (Wildman–Crippen LogP) is 3.58. The number of non-ortho nitro benzene ring substituents is 1. The smallest absolute Gasteiger partial charge is 0.331 e. The lowest BCUT2D eigenvalue weighted by molar-refractivity contribution is -0.384. The molecule has 4 aromatic rings. The zero-order valence-corrected chi connectivity index (χ0v) is 23.7. The lowest BCUT2D eigenvalue weighted by atomic mass is 10.1. The number of aromatic nitrogens is 2. The number of nitro benzene ring substituents is 1. The fourth-order valence-corrected chi connectivity index (χ4v) is 5.50. The summed E-state index contributed by atoms with van der Waals surface area (Å²) in [5.41, 5.74) is 7.04. The average molecular weight is 591 g/mol. The fraction of sp³-hybridized carbons (Fsp3) is 0.290. The molecule has 10 nitrogen and oxygen atoms in total. The van der Waals surface area contributed by atoms with Gasteiger partial charge in [0.1, 0.15) is 17.3 Å². The number of benzene rings is 3. The quantitative estimate of drug-likeness (QED) is 0.234. The molecule has 2 heterocycles. The van der Waals surface area contributed by atoms with Gasteiger partial charge in [-0.3, -0.25) is 28.9 Å². The van der Waals surface area contributed by atoms with Crippen LogP contribution in [0.5, 0.6) is 0 Å². The Bertz CT molecular complexity index is 1730. The van der Waals surface area contributed by atoms with Crippen LogP contribution in [0.15, 0.2) is 82.4 Å². The fourth-order valence-electron chi connectivity index (χ4n) is 5.50. The van der Waals surface area contributed by atoms with Crippen LogP contribution < -0.4 is 21.9 Å². The molecule has 0 saturated carbocycles. The summed E-state index contributed by atoms with van der Waals surface area (Å²) in [5, 5.41) is 11.2. The maximum atomic E-state index is 14.7. The number of nitrogens with zero attached hydrogens (tertiary/aromatic N) is 5. The monoisotopic (exact) mass is 590 g/mol. The summed E-state index contributed by atoms with van der Waals surface area (Å²) in [6.07, 6.45) is 0. The molecule has 3 aromatic carbocycles. The van der Waals surface area contributed by atoms with Crippen molar-refractivity contribution >= 4 is 11.4 Å². The van der Waals surface area contributed by atoms with Gasteiger partial charge in [-0.25, -0.2) is 13.6 Å². The van der Waals surface area contributed by atoms with Crippen molar-refractivity contribution in [2.24, 2.45) is 5.73 Å². The zero-order valence-electron chi connectivity index (χ0n) is 23.7. The van der Waals surface area contributed by atoms with Crippen molar-refractivity contribution in [2.75, 3.05) is 31.1 Å². The normalized spacial score (nSPS) is 14.6. The Morgan fingerprint density at radius 1 is 0.884 bits per heavy atom. The molecule has 224 valence electrons. The average Bonchev–Trinajstić information content (AvgIpc) is 3.00. The van der Waals surface area contributed by atoms with E-state index in [1.54, 1.807) is 31.2 Å². The van der Waals surface area contributed by atoms with Crippen LogP contribution in [0.2, 0.25) is 0 Å². The first-order valence-corrected chi connectivity index (χ1v) is 13.9. The molecule has 1 fully saturated rings. The van der Waals surface area contributed by atoms with E-state index in [2.05, 4.69) is 4.90 Å². The van der Waals surface area contributed by atoms with Gasteiger partial charge in [0.25, 0.3) is 11.2 Å². The Morgan fingerprint density at radius 2 is 1.53 bits per heavy atom. The Hall–Kier alpha value is -4.68. The predicted molar refractivity (Wildman–Crippen MR) is 159 cm³/mol. The van der Waals surface area contributed by atoms with E-state index < -0.39 is 40.4 Å². The molecule has 5 rings (SSSR count). The van der Waals surface area contributed by atoms with Crippen LogP contribution in [0, 0.1) is 28.7 Å². The molecule has 0 bridgehead atoms. The molecule has 43 heavy (non-hydrogen) atoms. The summed E-state index contributed by atoms with van der Waals surface area (Å²) < 4.78 is 31.6. The third-order valence-electron chi connectivity index (χ3n) is 7.86. The third kappa shape index (κ3) is 6.40. The van der Waals surface area contributed by atoms with Crippen molar-refractivity contribution in [1.29, 1.82) is 0 Å².